The molecule has 6 heteroatoms. The maximum absolute atomic E-state index is 6.12. The Bertz CT molecular complexity index is 672. The molecule has 3 rings (SSSR count). The van der Waals surface area contributed by atoms with Crippen molar-refractivity contribution in [3.63, 3.8) is 0 Å². The van der Waals surface area contributed by atoms with Crippen molar-refractivity contribution in [2.45, 2.75) is 36.6 Å². The van der Waals surface area contributed by atoms with E-state index in [0.29, 0.717) is 0 Å². The van der Waals surface area contributed by atoms with Crippen molar-refractivity contribution in [3.8, 4) is 0 Å². The number of aromatic nitrogens is 2. The van der Waals surface area contributed by atoms with Gasteiger partial charge in [0.15, 0.2) is 4.96 Å². The first-order valence-corrected chi connectivity index (χ1v) is 8.49. The van der Waals surface area contributed by atoms with Crippen LogP contribution in [0.25, 0.3) is 4.96 Å². The zero-order valence-electron chi connectivity index (χ0n) is 11.3. The molecule has 0 aliphatic rings. The van der Waals surface area contributed by atoms with E-state index in [9.17, 15) is 0 Å². The number of nitrogens with two attached hydrogens (primary N) is 1. The predicted octanol–water partition coefficient (Wildman–Crippen LogP) is 3.56. The number of hydrogen-bond donors (Lipinski definition) is 1. The van der Waals surface area contributed by atoms with E-state index in [-0.39, 0.29) is 6.04 Å². The third-order valence-corrected chi connectivity index (χ3v) is 5.02. The summed E-state index contributed by atoms with van der Waals surface area (Å²) in [7, 11) is 0. The van der Waals surface area contributed by atoms with Gasteiger partial charge in [-0.15, -0.1) is 11.3 Å². The van der Waals surface area contributed by atoms with Gasteiger partial charge in [-0.05, 0) is 18.6 Å². The molecule has 1 atom stereocenters. The van der Waals surface area contributed by atoms with Crippen LogP contribution >= 0.6 is 23.1 Å². The molecule has 0 amide bonds. The highest BCUT2D eigenvalue weighted by Gasteiger charge is 2.16. The number of fused-ring (bicyclic) bond motifs is 1. The van der Waals surface area contributed by atoms with E-state index in [1.165, 1.54) is 5.69 Å². The molecule has 0 radical (unpaired) electrons. The van der Waals surface area contributed by atoms with Crippen molar-refractivity contribution >= 4 is 28.1 Å². The molecule has 2 N–H and O–H groups in total. The van der Waals surface area contributed by atoms with E-state index in [2.05, 4.69) is 22.9 Å². The van der Waals surface area contributed by atoms with Gasteiger partial charge in [0.05, 0.1) is 17.7 Å². The molecule has 0 spiro atoms. The minimum absolute atomic E-state index is 0.178. The molecular weight excluding hydrogens is 290 g/mol. The van der Waals surface area contributed by atoms with Crippen molar-refractivity contribution in [2.75, 3.05) is 0 Å². The zero-order valence-corrected chi connectivity index (χ0v) is 12.9. The lowest BCUT2D eigenvalue weighted by atomic mass is 10.1. The molecule has 3 heterocycles. The molecule has 4 nitrogen and oxygen atoms in total. The molecule has 0 saturated heterocycles. The summed E-state index contributed by atoms with van der Waals surface area (Å²) in [6, 6.07) is 4.08. The van der Waals surface area contributed by atoms with Crippen LogP contribution in [0.4, 0.5) is 0 Å². The van der Waals surface area contributed by atoms with Gasteiger partial charge in [-0.1, -0.05) is 18.7 Å². The minimum atomic E-state index is 0.178. The first-order chi connectivity index (χ1) is 9.78. The van der Waals surface area contributed by atoms with E-state index in [0.717, 1.165) is 34.3 Å². The van der Waals surface area contributed by atoms with E-state index in [1.54, 1.807) is 29.4 Å². The number of hydrogen-bond acceptors (Lipinski definition) is 5. The summed E-state index contributed by atoms with van der Waals surface area (Å²) in [6.07, 6.45) is 5.60. The molecule has 0 saturated carbocycles. The van der Waals surface area contributed by atoms with Crippen molar-refractivity contribution in [1.29, 1.82) is 0 Å². The summed E-state index contributed by atoms with van der Waals surface area (Å²) in [6.45, 7) is 2.12. The van der Waals surface area contributed by atoms with E-state index in [1.807, 2.05) is 12.1 Å². The maximum Gasteiger partial charge on any atom is 0.194 e. The average Bonchev–Trinajstić information content (AvgIpc) is 3.14. The standard InChI is InChI=1S/C14H17N3OS2/c1-2-10(15)8-12-13(16-14-17(12)5-7-19-14)20-9-11-4-3-6-18-11/h3-7,10H,2,8-9,15H2,1H3. The maximum atomic E-state index is 6.12. The Balaban J connectivity index is 1.84. The highest BCUT2D eigenvalue weighted by atomic mass is 32.2. The summed E-state index contributed by atoms with van der Waals surface area (Å²) >= 11 is 3.37. The Kier molecular flexibility index (Phi) is 4.14. The van der Waals surface area contributed by atoms with Crippen molar-refractivity contribution in [1.82, 2.24) is 9.38 Å². The van der Waals surface area contributed by atoms with Crippen LogP contribution in [-0.2, 0) is 12.2 Å². The molecule has 0 bridgehead atoms. The van der Waals surface area contributed by atoms with Gasteiger partial charge in [0, 0.05) is 24.0 Å². The second-order valence-corrected chi connectivity index (χ2v) is 6.50. The summed E-state index contributed by atoms with van der Waals surface area (Å²) in [5, 5.41) is 3.13. The Morgan fingerprint density at radius 3 is 3.20 bits per heavy atom. The van der Waals surface area contributed by atoms with Crippen molar-refractivity contribution in [2.24, 2.45) is 5.73 Å². The number of imidazole rings is 1. The molecule has 20 heavy (non-hydrogen) atoms. The fourth-order valence-electron chi connectivity index (χ4n) is 2.04. The Hall–Kier alpha value is -1.24. The number of rotatable bonds is 6. The lowest BCUT2D eigenvalue weighted by molar-refractivity contribution is 0.530. The van der Waals surface area contributed by atoms with Gasteiger partial charge >= 0.3 is 0 Å². The molecular formula is C14H17N3OS2. The molecule has 3 aromatic rings. The van der Waals surface area contributed by atoms with Crippen LogP contribution in [0.3, 0.4) is 0 Å². The molecule has 0 aliphatic heterocycles. The first-order valence-electron chi connectivity index (χ1n) is 6.63. The first kappa shape index (κ1) is 13.7. The lowest BCUT2D eigenvalue weighted by Gasteiger charge is -2.09. The largest absolute Gasteiger partial charge is 0.468 e. The fraction of sp³-hybridized carbons (Fsp3) is 0.357. The number of thiazole rings is 1. The van der Waals surface area contributed by atoms with Crippen LogP contribution < -0.4 is 5.73 Å². The number of furan rings is 1. The summed E-state index contributed by atoms with van der Waals surface area (Å²) in [4.78, 5) is 5.74. The van der Waals surface area contributed by atoms with E-state index >= 15 is 0 Å². The highest BCUT2D eigenvalue weighted by Crippen LogP contribution is 2.29. The minimum Gasteiger partial charge on any atom is -0.468 e. The monoisotopic (exact) mass is 307 g/mol. The van der Waals surface area contributed by atoms with E-state index < -0.39 is 0 Å². The van der Waals surface area contributed by atoms with Gasteiger partial charge in [0.1, 0.15) is 10.8 Å². The molecule has 1 unspecified atom stereocenters. The topological polar surface area (TPSA) is 56.5 Å². The molecule has 0 aliphatic carbocycles. The van der Waals surface area contributed by atoms with Crippen LogP contribution in [-0.4, -0.2) is 15.4 Å². The Labute approximate surface area is 126 Å². The molecule has 106 valence electrons. The number of thioether (sulfide) groups is 1. The van der Waals surface area contributed by atoms with Gasteiger partial charge in [-0.25, -0.2) is 4.98 Å². The third-order valence-electron chi connectivity index (χ3n) is 3.24. The second kappa shape index (κ2) is 6.03. The third kappa shape index (κ3) is 2.77. The van der Waals surface area contributed by atoms with Crippen LogP contribution in [0.15, 0.2) is 39.4 Å². The lowest BCUT2D eigenvalue weighted by Crippen LogP contribution is -2.22. The fourth-order valence-corrected chi connectivity index (χ4v) is 3.77. The second-order valence-electron chi connectivity index (χ2n) is 4.66. The Morgan fingerprint density at radius 2 is 2.45 bits per heavy atom. The molecule has 0 aromatic carbocycles. The summed E-state index contributed by atoms with van der Waals surface area (Å²) < 4.78 is 7.53. The SMILES string of the molecule is CCC(N)Cc1c(SCc2ccco2)nc2sccn12. The smallest absolute Gasteiger partial charge is 0.194 e. The highest BCUT2D eigenvalue weighted by molar-refractivity contribution is 7.98. The van der Waals surface area contributed by atoms with Gasteiger partial charge in [-0.3, -0.25) is 4.40 Å². The van der Waals surface area contributed by atoms with Gasteiger partial charge < -0.3 is 10.2 Å². The van der Waals surface area contributed by atoms with Gasteiger partial charge in [0.25, 0.3) is 0 Å². The quantitative estimate of drug-likeness (QED) is 0.707. The summed E-state index contributed by atoms with van der Waals surface area (Å²) in [5.74, 6) is 1.77. The zero-order chi connectivity index (χ0) is 13.9. The van der Waals surface area contributed by atoms with Crippen LogP contribution in [0, 0.1) is 0 Å². The molecule has 3 aromatic heterocycles. The van der Waals surface area contributed by atoms with Crippen molar-refractivity contribution < 1.29 is 4.42 Å². The van der Waals surface area contributed by atoms with E-state index in [4.69, 9.17) is 15.1 Å². The normalized spacial score (nSPS) is 13.1. The van der Waals surface area contributed by atoms with Gasteiger partial charge in [0.2, 0.25) is 0 Å². The summed E-state index contributed by atoms with van der Waals surface area (Å²) in [5.41, 5.74) is 7.33. The Morgan fingerprint density at radius 1 is 1.55 bits per heavy atom. The van der Waals surface area contributed by atoms with Crippen LogP contribution in [0.5, 0.6) is 0 Å². The average molecular weight is 307 g/mol. The number of nitrogens with zero attached hydrogens (tertiary/aromatic N) is 2. The van der Waals surface area contributed by atoms with Crippen LogP contribution in [0.2, 0.25) is 0 Å². The predicted molar refractivity (Wildman–Crippen MR) is 83.3 cm³/mol. The van der Waals surface area contributed by atoms with Gasteiger partial charge in [-0.2, -0.15) is 0 Å². The molecule has 0 fully saturated rings. The van der Waals surface area contributed by atoms with Crippen LogP contribution in [0.1, 0.15) is 24.8 Å². The van der Waals surface area contributed by atoms with Crippen molar-refractivity contribution in [3.05, 3.63) is 41.4 Å².